The predicted molar refractivity (Wildman–Crippen MR) is 106 cm³/mol. The van der Waals surface area contributed by atoms with Crippen molar-refractivity contribution in [3.8, 4) is 0 Å². The molecule has 1 saturated heterocycles. The van der Waals surface area contributed by atoms with Crippen LogP contribution in [0.25, 0.3) is 0 Å². The maximum atomic E-state index is 11.8. The van der Waals surface area contributed by atoms with Gasteiger partial charge < -0.3 is 20.3 Å². The van der Waals surface area contributed by atoms with Crippen LogP contribution in [0.4, 0.5) is 0 Å². The van der Waals surface area contributed by atoms with Gasteiger partial charge in [0.2, 0.25) is 5.91 Å². The van der Waals surface area contributed by atoms with Crippen LogP contribution in [0.3, 0.4) is 0 Å². The number of likely N-dealkylation sites (N-methyl/N-ethyl adjacent to an activating group) is 1. The van der Waals surface area contributed by atoms with Crippen LogP contribution in [0, 0.1) is 12.8 Å². The third-order valence-electron chi connectivity index (χ3n) is 4.68. The predicted octanol–water partition coefficient (Wildman–Crippen LogP) is 1.76. The highest BCUT2D eigenvalue weighted by atomic mass is 16.5. The summed E-state index contributed by atoms with van der Waals surface area (Å²) in [5, 5.41) is 6.74. The van der Waals surface area contributed by atoms with Crippen LogP contribution < -0.4 is 10.6 Å². The number of guanidine groups is 1. The number of hydrogen-bond acceptors (Lipinski definition) is 3. The Hall–Kier alpha value is -2.08. The maximum Gasteiger partial charge on any atom is 0.243 e. The van der Waals surface area contributed by atoms with Gasteiger partial charge in [-0.3, -0.25) is 4.79 Å². The lowest BCUT2D eigenvalue weighted by molar-refractivity contribution is -0.127. The van der Waals surface area contributed by atoms with Gasteiger partial charge in [-0.25, -0.2) is 4.99 Å². The fraction of sp³-hybridized carbons (Fsp3) is 0.600. The third kappa shape index (κ3) is 6.67. The van der Waals surface area contributed by atoms with E-state index in [-0.39, 0.29) is 12.5 Å². The molecule has 1 aromatic carbocycles. The SMILES string of the molecule is Cc1ccc(C(C)CNC(=NCC(=O)N(C)C)NCC2CCOC2)cc1. The number of hydrogen-bond donors (Lipinski definition) is 2. The first-order valence-electron chi connectivity index (χ1n) is 9.32. The molecule has 2 unspecified atom stereocenters. The van der Waals surface area contributed by atoms with E-state index in [9.17, 15) is 4.79 Å². The number of amides is 1. The van der Waals surface area contributed by atoms with E-state index >= 15 is 0 Å². The molecule has 26 heavy (non-hydrogen) atoms. The van der Waals surface area contributed by atoms with Crippen LogP contribution in [-0.2, 0) is 9.53 Å². The minimum Gasteiger partial charge on any atom is -0.381 e. The fourth-order valence-electron chi connectivity index (χ4n) is 2.71. The van der Waals surface area contributed by atoms with Gasteiger partial charge in [0.05, 0.1) is 6.61 Å². The molecule has 6 heteroatoms. The molecule has 0 bridgehead atoms. The van der Waals surface area contributed by atoms with Gasteiger partial charge in [-0.1, -0.05) is 36.8 Å². The van der Waals surface area contributed by atoms with Crippen LogP contribution in [0.15, 0.2) is 29.3 Å². The minimum atomic E-state index is -0.0121. The van der Waals surface area contributed by atoms with E-state index in [4.69, 9.17) is 4.74 Å². The van der Waals surface area contributed by atoms with Gasteiger partial charge in [-0.05, 0) is 24.8 Å². The van der Waals surface area contributed by atoms with Gasteiger partial charge in [0.1, 0.15) is 6.54 Å². The van der Waals surface area contributed by atoms with Crippen molar-refractivity contribution in [1.82, 2.24) is 15.5 Å². The number of carbonyl (C=O) groups is 1. The first-order valence-corrected chi connectivity index (χ1v) is 9.32. The summed E-state index contributed by atoms with van der Waals surface area (Å²) in [6.45, 7) is 7.60. The van der Waals surface area contributed by atoms with Crippen molar-refractivity contribution in [2.24, 2.45) is 10.9 Å². The monoisotopic (exact) mass is 360 g/mol. The fourth-order valence-corrected chi connectivity index (χ4v) is 2.71. The molecule has 0 radical (unpaired) electrons. The number of ether oxygens (including phenoxy) is 1. The van der Waals surface area contributed by atoms with Crippen molar-refractivity contribution in [2.45, 2.75) is 26.2 Å². The minimum absolute atomic E-state index is 0.0121. The molecule has 1 aliphatic heterocycles. The van der Waals surface area contributed by atoms with Crippen LogP contribution in [0.1, 0.15) is 30.4 Å². The van der Waals surface area contributed by atoms with Gasteiger partial charge in [0, 0.05) is 39.7 Å². The molecule has 0 aromatic heterocycles. The molecule has 2 rings (SSSR count). The largest absolute Gasteiger partial charge is 0.381 e. The lowest BCUT2D eigenvalue weighted by Gasteiger charge is -2.18. The first kappa shape index (κ1) is 20.2. The van der Waals surface area contributed by atoms with E-state index in [0.29, 0.717) is 17.8 Å². The smallest absolute Gasteiger partial charge is 0.243 e. The van der Waals surface area contributed by atoms with E-state index in [1.165, 1.54) is 11.1 Å². The standard InChI is InChI=1S/C20H32N4O2/c1-15-5-7-18(8-6-15)16(2)11-21-20(23-13-19(25)24(3)4)22-12-17-9-10-26-14-17/h5-8,16-17H,9-14H2,1-4H3,(H2,21,22,23). The highest BCUT2D eigenvalue weighted by molar-refractivity contribution is 5.84. The van der Waals surface area contributed by atoms with E-state index in [2.05, 4.69) is 53.7 Å². The topological polar surface area (TPSA) is 66.0 Å². The number of aliphatic imine (C=N–C) groups is 1. The summed E-state index contributed by atoms with van der Waals surface area (Å²) >= 11 is 0. The number of benzene rings is 1. The summed E-state index contributed by atoms with van der Waals surface area (Å²) in [5.74, 6) is 1.52. The van der Waals surface area contributed by atoms with E-state index < -0.39 is 0 Å². The maximum absolute atomic E-state index is 11.8. The molecule has 1 amide bonds. The van der Waals surface area contributed by atoms with E-state index in [0.717, 1.165) is 32.7 Å². The van der Waals surface area contributed by atoms with Crippen molar-refractivity contribution in [2.75, 3.05) is 46.9 Å². The first-order chi connectivity index (χ1) is 12.5. The lowest BCUT2D eigenvalue weighted by Crippen LogP contribution is -2.42. The van der Waals surface area contributed by atoms with Gasteiger partial charge in [-0.2, -0.15) is 0 Å². The van der Waals surface area contributed by atoms with Gasteiger partial charge in [0.15, 0.2) is 5.96 Å². The van der Waals surface area contributed by atoms with Gasteiger partial charge in [-0.15, -0.1) is 0 Å². The van der Waals surface area contributed by atoms with E-state index in [1.807, 2.05) is 0 Å². The second-order valence-electron chi connectivity index (χ2n) is 7.26. The third-order valence-corrected chi connectivity index (χ3v) is 4.68. The van der Waals surface area contributed by atoms with Crippen LogP contribution >= 0.6 is 0 Å². The molecule has 144 valence electrons. The zero-order valence-electron chi connectivity index (χ0n) is 16.4. The number of rotatable bonds is 7. The molecule has 2 N–H and O–H groups in total. The average molecular weight is 361 g/mol. The number of nitrogens with one attached hydrogen (secondary N) is 2. The Morgan fingerprint density at radius 1 is 1.31 bits per heavy atom. The Bertz CT molecular complexity index is 592. The quantitative estimate of drug-likeness (QED) is 0.574. The molecule has 0 aliphatic carbocycles. The number of aryl methyl sites for hydroxylation is 1. The van der Waals surface area contributed by atoms with Gasteiger partial charge >= 0.3 is 0 Å². The summed E-state index contributed by atoms with van der Waals surface area (Å²) in [5.41, 5.74) is 2.55. The summed E-state index contributed by atoms with van der Waals surface area (Å²) in [6, 6.07) is 8.60. The van der Waals surface area contributed by atoms with Crippen molar-refractivity contribution in [3.05, 3.63) is 35.4 Å². The molecule has 2 atom stereocenters. The molecule has 0 spiro atoms. The summed E-state index contributed by atoms with van der Waals surface area (Å²) in [4.78, 5) is 17.8. The highest BCUT2D eigenvalue weighted by Gasteiger charge is 2.16. The van der Waals surface area contributed by atoms with Crippen molar-refractivity contribution < 1.29 is 9.53 Å². The van der Waals surface area contributed by atoms with Crippen molar-refractivity contribution in [1.29, 1.82) is 0 Å². The molecule has 6 nitrogen and oxygen atoms in total. The Balaban J connectivity index is 1.91. The zero-order valence-corrected chi connectivity index (χ0v) is 16.4. The summed E-state index contributed by atoms with van der Waals surface area (Å²) < 4.78 is 5.42. The summed E-state index contributed by atoms with van der Waals surface area (Å²) in [6.07, 6.45) is 1.07. The Kier molecular flexibility index (Phi) is 7.91. The molecular formula is C20H32N4O2. The Labute approximate surface area is 157 Å². The molecular weight excluding hydrogens is 328 g/mol. The molecule has 1 fully saturated rings. The van der Waals surface area contributed by atoms with Gasteiger partial charge in [0.25, 0.3) is 0 Å². The summed E-state index contributed by atoms with van der Waals surface area (Å²) in [7, 11) is 3.49. The Morgan fingerprint density at radius 2 is 2.04 bits per heavy atom. The van der Waals surface area contributed by atoms with E-state index in [1.54, 1.807) is 19.0 Å². The second-order valence-corrected chi connectivity index (χ2v) is 7.26. The second kappa shape index (κ2) is 10.2. The number of carbonyl (C=O) groups excluding carboxylic acids is 1. The molecule has 1 aromatic rings. The van der Waals surface area contributed by atoms with Crippen molar-refractivity contribution >= 4 is 11.9 Å². The molecule has 1 heterocycles. The normalized spacial score (nSPS) is 18.5. The number of nitrogens with zero attached hydrogens (tertiary/aromatic N) is 2. The Morgan fingerprint density at radius 3 is 2.65 bits per heavy atom. The lowest BCUT2D eigenvalue weighted by atomic mass is 10.0. The average Bonchev–Trinajstić information content (AvgIpc) is 3.14. The van der Waals surface area contributed by atoms with Crippen LogP contribution in [0.5, 0.6) is 0 Å². The molecule has 1 aliphatic rings. The van der Waals surface area contributed by atoms with Crippen molar-refractivity contribution in [3.63, 3.8) is 0 Å². The van der Waals surface area contributed by atoms with Crippen LogP contribution in [-0.4, -0.2) is 63.7 Å². The zero-order chi connectivity index (χ0) is 18.9. The highest BCUT2D eigenvalue weighted by Crippen LogP contribution is 2.15. The van der Waals surface area contributed by atoms with Crippen LogP contribution in [0.2, 0.25) is 0 Å². The molecule has 0 saturated carbocycles.